The summed E-state index contributed by atoms with van der Waals surface area (Å²) in [7, 11) is 0. The van der Waals surface area contributed by atoms with Crippen molar-refractivity contribution in [3.63, 3.8) is 0 Å². The zero-order valence-corrected chi connectivity index (χ0v) is 34.9. The molecule has 0 saturated heterocycles. The van der Waals surface area contributed by atoms with Gasteiger partial charge >= 0.3 is 18.5 Å². The van der Waals surface area contributed by atoms with Crippen molar-refractivity contribution in [2.45, 2.75) is 39.3 Å². The molecule has 9 rings (SSSR count). The third kappa shape index (κ3) is 10.6. The number of alkyl halides is 9. The van der Waals surface area contributed by atoms with Gasteiger partial charge < -0.3 is 13.5 Å². The Kier molecular flexibility index (Phi) is 12.8. The van der Waals surface area contributed by atoms with Crippen LogP contribution < -0.4 is 0 Å². The van der Waals surface area contributed by atoms with Gasteiger partial charge in [0.15, 0.2) is 5.82 Å². The van der Waals surface area contributed by atoms with E-state index < -0.39 is 33.2 Å². The molecule has 6 heterocycles. The Balaban J connectivity index is 0.000000142. The average molecular weight is 931 g/mol. The number of hydrogen-bond donors (Lipinski definition) is 0. The zero-order valence-electron chi connectivity index (χ0n) is 32.4. The van der Waals surface area contributed by atoms with Crippen LogP contribution in [0.3, 0.4) is 0 Å². The minimum atomic E-state index is -4.43. The van der Waals surface area contributed by atoms with Crippen LogP contribution in [0.25, 0.3) is 65.6 Å². The SMILES string of the molecule is Cc1nc(-c2cc(-c3ccccc3)c(C(F)(F)F)s2)no1.Cc1nnc(-c2cc(-c3ccccc3)c(C(F)(F)F)s2)o1.Cc1noc(-c2cc(-c3ccccc3)c(C(F)(F)F)s2)n1. The van der Waals surface area contributed by atoms with Crippen LogP contribution in [0, 0.1) is 20.8 Å². The summed E-state index contributed by atoms with van der Waals surface area (Å²) in [5.74, 6) is 1.38. The van der Waals surface area contributed by atoms with Crippen molar-refractivity contribution in [2.75, 3.05) is 0 Å². The topological polar surface area (TPSA) is 117 Å². The quantitative estimate of drug-likeness (QED) is 0.150. The minimum absolute atomic E-state index is 0.102. The van der Waals surface area contributed by atoms with Gasteiger partial charge in [-0.3, -0.25) is 0 Å². The molecule has 324 valence electrons. The highest BCUT2D eigenvalue weighted by atomic mass is 32.1. The maximum atomic E-state index is 13.2. The Bertz CT molecular complexity index is 2600. The van der Waals surface area contributed by atoms with Crippen molar-refractivity contribution in [2.24, 2.45) is 0 Å². The summed E-state index contributed by atoms with van der Waals surface area (Å²) < 4.78 is 134. The maximum Gasteiger partial charge on any atom is 0.426 e. The number of hydrogen-bond acceptors (Lipinski definition) is 12. The van der Waals surface area contributed by atoms with Gasteiger partial charge in [-0.2, -0.15) is 49.5 Å². The van der Waals surface area contributed by atoms with Gasteiger partial charge in [-0.05, 0) is 41.8 Å². The number of nitrogens with zero attached hydrogens (tertiary/aromatic N) is 6. The molecule has 0 spiro atoms. The highest BCUT2D eigenvalue weighted by Crippen LogP contribution is 2.48. The number of benzene rings is 3. The molecule has 21 heteroatoms. The van der Waals surface area contributed by atoms with Gasteiger partial charge in [-0.1, -0.05) is 101 Å². The van der Waals surface area contributed by atoms with E-state index in [1.165, 1.54) is 18.2 Å². The molecule has 0 radical (unpaired) electrons. The lowest BCUT2D eigenvalue weighted by Gasteiger charge is -2.07. The summed E-state index contributed by atoms with van der Waals surface area (Å²) in [5, 5.41) is 14.7. The Hall–Kier alpha value is -6.45. The fourth-order valence-electron chi connectivity index (χ4n) is 5.81. The number of thiophene rings is 3. The van der Waals surface area contributed by atoms with Crippen molar-refractivity contribution in [3.05, 3.63) is 141 Å². The minimum Gasteiger partial charge on any atom is -0.420 e. The first-order chi connectivity index (χ1) is 29.8. The van der Waals surface area contributed by atoms with E-state index in [-0.39, 0.29) is 34.3 Å². The van der Waals surface area contributed by atoms with Crippen LogP contribution in [0.1, 0.15) is 32.2 Å². The summed E-state index contributed by atoms with van der Waals surface area (Å²) >= 11 is 1.83. The Labute approximate surface area is 362 Å². The molecule has 0 N–H and O–H groups in total. The Morgan fingerprint density at radius 2 is 0.857 bits per heavy atom. The molecule has 0 unspecified atom stereocenters. The molecule has 0 bridgehead atoms. The van der Waals surface area contributed by atoms with Gasteiger partial charge in [-0.25, -0.2) is 0 Å². The first-order valence-corrected chi connectivity index (χ1v) is 20.5. The van der Waals surface area contributed by atoms with E-state index in [9.17, 15) is 39.5 Å². The lowest BCUT2D eigenvalue weighted by atomic mass is 10.1. The summed E-state index contributed by atoms with van der Waals surface area (Å²) in [4.78, 5) is 6.90. The molecule has 0 aliphatic carbocycles. The van der Waals surface area contributed by atoms with Crippen molar-refractivity contribution in [3.8, 4) is 65.6 Å². The van der Waals surface area contributed by atoms with Crippen LogP contribution in [-0.4, -0.2) is 30.5 Å². The fourth-order valence-corrected chi connectivity index (χ4v) is 8.73. The number of aromatic nitrogens is 6. The second kappa shape index (κ2) is 18.1. The van der Waals surface area contributed by atoms with Gasteiger partial charge in [0.25, 0.3) is 11.8 Å². The van der Waals surface area contributed by atoms with Crippen molar-refractivity contribution >= 4 is 34.0 Å². The monoisotopic (exact) mass is 930 g/mol. The van der Waals surface area contributed by atoms with Crippen LogP contribution in [-0.2, 0) is 18.5 Å². The number of rotatable bonds is 6. The Morgan fingerprint density at radius 3 is 1.21 bits per heavy atom. The third-order valence-corrected chi connectivity index (χ3v) is 12.0. The van der Waals surface area contributed by atoms with Gasteiger partial charge in [-0.15, -0.1) is 44.2 Å². The smallest absolute Gasteiger partial charge is 0.420 e. The van der Waals surface area contributed by atoms with E-state index in [0.29, 0.717) is 82.9 Å². The van der Waals surface area contributed by atoms with E-state index in [1.54, 1.807) is 112 Å². The lowest BCUT2D eigenvalue weighted by Crippen LogP contribution is -2.03. The Morgan fingerprint density at radius 1 is 0.444 bits per heavy atom. The van der Waals surface area contributed by atoms with E-state index in [0.717, 1.165) is 0 Å². The zero-order chi connectivity index (χ0) is 45.1. The molecule has 0 aliphatic rings. The molecule has 3 aromatic carbocycles. The van der Waals surface area contributed by atoms with Crippen LogP contribution >= 0.6 is 34.0 Å². The van der Waals surface area contributed by atoms with Crippen LogP contribution in [0.4, 0.5) is 39.5 Å². The predicted octanol–water partition coefficient (Wildman–Crippen LogP) is 14.4. The summed E-state index contributed by atoms with van der Waals surface area (Å²) in [6, 6.07) is 29.6. The van der Waals surface area contributed by atoms with Crippen molar-refractivity contribution in [1.82, 2.24) is 30.5 Å². The lowest BCUT2D eigenvalue weighted by molar-refractivity contribution is -0.134. The second-order valence-corrected chi connectivity index (χ2v) is 16.2. The molecule has 0 atom stereocenters. The van der Waals surface area contributed by atoms with Gasteiger partial charge in [0.05, 0.1) is 14.6 Å². The molecule has 0 aliphatic heterocycles. The molecule has 9 aromatic rings. The van der Waals surface area contributed by atoms with Gasteiger partial charge in [0.1, 0.15) is 14.6 Å². The summed E-state index contributed by atoms with van der Waals surface area (Å²) in [6.45, 7) is 4.79. The molecular formula is C42H27F9N6O3S3. The first kappa shape index (κ1) is 44.6. The molecule has 0 amide bonds. The molecule has 9 nitrogen and oxygen atoms in total. The average Bonchev–Trinajstić information content (AvgIpc) is 4.10. The van der Waals surface area contributed by atoms with Crippen LogP contribution in [0.5, 0.6) is 0 Å². The second-order valence-electron chi connectivity index (χ2n) is 13.1. The predicted molar refractivity (Wildman–Crippen MR) is 218 cm³/mol. The molecule has 0 fully saturated rings. The number of aryl methyl sites for hydroxylation is 3. The summed E-state index contributed by atoms with van der Waals surface area (Å²) in [5.41, 5.74) is 1.89. The normalized spacial score (nSPS) is 11.8. The summed E-state index contributed by atoms with van der Waals surface area (Å²) in [6.07, 6.45) is -13.3. The fraction of sp³-hybridized carbons (Fsp3) is 0.143. The largest absolute Gasteiger partial charge is 0.426 e. The molecule has 63 heavy (non-hydrogen) atoms. The van der Waals surface area contributed by atoms with E-state index in [2.05, 4.69) is 30.5 Å². The van der Waals surface area contributed by atoms with E-state index >= 15 is 0 Å². The third-order valence-electron chi connectivity index (χ3n) is 8.45. The standard InChI is InChI=1S/3C14H9F3N2OS/c1-8-18-19-13(20-8)11-7-10(9-5-3-2-4-6-9)12(21-11)14(15,16)17;1-8-18-13(19-20-8)11-7-10(9-5-3-2-4-6-9)12(21-11)14(15,16)17;1-8-18-13(20-19-8)11-7-10(9-5-3-2-4-6-9)12(21-11)14(15,16)17/h3*2-7H,1H3. The van der Waals surface area contributed by atoms with Crippen molar-refractivity contribution in [1.29, 1.82) is 0 Å². The van der Waals surface area contributed by atoms with Crippen molar-refractivity contribution < 1.29 is 53.0 Å². The molecule has 0 saturated carbocycles. The highest BCUT2D eigenvalue weighted by Gasteiger charge is 2.39. The first-order valence-electron chi connectivity index (χ1n) is 18.1. The van der Waals surface area contributed by atoms with Crippen LogP contribution in [0.2, 0.25) is 0 Å². The van der Waals surface area contributed by atoms with E-state index in [4.69, 9.17) is 13.5 Å². The van der Waals surface area contributed by atoms with Gasteiger partial charge in [0, 0.05) is 30.5 Å². The van der Waals surface area contributed by atoms with Gasteiger partial charge in [0.2, 0.25) is 17.6 Å². The number of halogens is 9. The molecule has 6 aromatic heterocycles. The van der Waals surface area contributed by atoms with Crippen LogP contribution in [0.15, 0.2) is 123 Å². The maximum absolute atomic E-state index is 13.2. The molecular weight excluding hydrogens is 904 g/mol. The highest BCUT2D eigenvalue weighted by molar-refractivity contribution is 7.16. The van der Waals surface area contributed by atoms with E-state index in [1.807, 2.05) is 0 Å².